The number of methoxy groups -OCH3 is 1. The van der Waals surface area contributed by atoms with E-state index in [-0.39, 0.29) is 46.5 Å². The number of rotatable bonds is 12. The summed E-state index contributed by atoms with van der Waals surface area (Å²) in [7, 11) is -2.04. The number of anilines is 2. The number of hydrogen-bond donors (Lipinski definition) is 1. The molecule has 0 unspecified atom stereocenters. The molecule has 1 aromatic carbocycles. The highest BCUT2D eigenvalue weighted by Gasteiger charge is 2.31. The van der Waals surface area contributed by atoms with Crippen LogP contribution in [0, 0.1) is 5.92 Å². The van der Waals surface area contributed by atoms with Crippen molar-refractivity contribution in [2.45, 2.75) is 49.8 Å². The summed E-state index contributed by atoms with van der Waals surface area (Å²) < 4.78 is 57.7. The number of ether oxygens (including phenoxy) is 1. The van der Waals surface area contributed by atoms with Crippen LogP contribution in [0.25, 0.3) is 10.6 Å². The van der Waals surface area contributed by atoms with E-state index in [0.717, 1.165) is 36.8 Å². The molecule has 1 saturated carbocycles. The number of pyridine rings is 1. The Bertz CT molecular complexity index is 1550. The third-order valence-corrected chi connectivity index (χ3v) is 8.83. The number of nitrogens with one attached hydrogen (secondary N) is 1. The number of ketones is 1. The van der Waals surface area contributed by atoms with E-state index in [1.807, 2.05) is 0 Å². The highest BCUT2D eigenvalue weighted by atomic mass is 32.2. The Morgan fingerprint density at radius 1 is 1.23 bits per heavy atom. The smallest absolute Gasteiger partial charge is 0.277 e. The number of aromatic nitrogens is 2. The lowest BCUT2D eigenvalue weighted by Crippen LogP contribution is -2.11. The minimum absolute atomic E-state index is 0.0278. The van der Waals surface area contributed by atoms with Gasteiger partial charge in [0.25, 0.3) is 6.43 Å². The van der Waals surface area contributed by atoms with Crippen LogP contribution < -0.4 is 5.32 Å². The van der Waals surface area contributed by atoms with Gasteiger partial charge in [-0.15, -0.1) is 11.3 Å². The fourth-order valence-electron chi connectivity index (χ4n) is 4.45. The number of benzene rings is 1. The van der Waals surface area contributed by atoms with E-state index < -0.39 is 16.3 Å². The van der Waals surface area contributed by atoms with Gasteiger partial charge in [0.15, 0.2) is 9.84 Å². The standard InChI is InChI=1S/C27H28F2N4O4S2/c1-37-9-3-4-18-14-30-27(38-18)16-7-8-19(24(10-16)39(2,35)36)32-20-11-17(12-23(34)15-5-6-15)31-21-13-22(26(28)29)33-25(20)21/h7-8,10-11,14-15,26H,3-6,9,12-13H2,1-2H3,(H,31,32). The molecule has 0 radical (unpaired) electrons. The Kier molecular flexibility index (Phi) is 7.88. The second-order valence-electron chi connectivity index (χ2n) is 9.79. The lowest BCUT2D eigenvalue weighted by atomic mass is 10.1. The molecule has 2 aliphatic rings. The maximum absolute atomic E-state index is 13.5. The number of carbonyl (C=O) groups excluding carboxylic acids is 1. The minimum atomic E-state index is -3.69. The van der Waals surface area contributed by atoms with Crippen molar-refractivity contribution in [2.75, 3.05) is 25.3 Å². The number of Topliss-reactive ketones (excluding diaryl/α,β-unsaturated/α-hetero) is 1. The monoisotopic (exact) mass is 574 g/mol. The molecule has 3 aromatic rings. The summed E-state index contributed by atoms with van der Waals surface area (Å²) in [6.45, 7) is 0.643. The summed E-state index contributed by atoms with van der Waals surface area (Å²) in [6, 6.07) is 6.56. The van der Waals surface area contributed by atoms with E-state index in [9.17, 15) is 22.0 Å². The fraction of sp³-hybridized carbons (Fsp3) is 0.407. The van der Waals surface area contributed by atoms with Gasteiger partial charge in [-0.25, -0.2) is 27.2 Å². The molecule has 39 heavy (non-hydrogen) atoms. The number of hydrogen-bond acceptors (Lipinski definition) is 9. The summed E-state index contributed by atoms with van der Waals surface area (Å²) in [4.78, 5) is 26.6. The number of fused-ring (bicyclic) bond motifs is 1. The molecule has 206 valence electrons. The summed E-state index contributed by atoms with van der Waals surface area (Å²) in [5, 5.41) is 3.79. The number of halogens is 2. The first kappa shape index (κ1) is 27.5. The van der Waals surface area contributed by atoms with Crippen LogP contribution in [-0.4, -0.2) is 56.3 Å². The molecule has 0 spiro atoms. The van der Waals surface area contributed by atoms with Crippen LogP contribution in [0.2, 0.25) is 0 Å². The van der Waals surface area contributed by atoms with Gasteiger partial charge in [0.1, 0.15) is 16.5 Å². The molecule has 12 heteroatoms. The molecule has 2 aromatic heterocycles. The van der Waals surface area contributed by atoms with E-state index in [2.05, 4.69) is 20.3 Å². The first-order chi connectivity index (χ1) is 18.6. The number of sulfone groups is 1. The second-order valence-corrected chi connectivity index (χ2v) is 12.9. The van der Waals surface area contributed by atoms with Crippen molar-refractivity contribution in [3.05, 3.63) is 46.7 Å². The van der Waals surface area contributed by atoms with Gasteiger partial charge >= 0.3 is 0 Å². The number of thiazole rings is 1. The van der Waals surface area contributed by atoms with Crippen molar-refractivity contribution < 1.29 is 26.7 Å². The first-order valence-electron chi connectivity index (χ1n) is 12.6. The van der Waals surface area contributed by atoms with E-state index in [1.54, 1.807) is 37.6 Å². The molecule has 0 saturated heterocycles. The SMILES string of the molecule is COCCCc1cnc(-c2ccc(Nc3cc(CC(=O)C4CC4)nc4c3N=C(C(F)F)C4)c(S(C)(=O)=O)c2)s1. The Morgan fingerprint density at radius 2 is 2.03 bits per heavy atom. The molecular weight excluding hydrogens is 546 g/mol. The molecular formula is C27H28F2N4O4S2. The van der Waals surface area contributed by atoms with Crippen molar-refractivity contribution in [3.8, 4) is 10.6 Å². The fourth-order valence-corrected chi connectivity index (χ4v) is 6.26. The predicted octanol–water partition coefficient (Wildman–Crippen LogP) is 5.35. The first-order valence-corrected chi connectivity index (χ1v) is 15.3. The topological polar surface area (TPSA) is 111 Å². The number of nitrogens with zero attached hydrogens (tertiary/aromatic N) is 3. The van der Waals surface area contributed by atoms with Crippen molar-refractivity contribution in [1.29, 1.82) is 0 Å². The molecule has 8 nitrogen and oxygen atoms in total. The molecule has 1 aliphatic heterocycles. The number of carbonyl (C=O) groups is 1. The highest BCUT2D eigenvalue weighted by Crippen LogP contribution is 2.40. The number of aliphatic imine (C=N–C) groups is 1. The lowest BCUT2D eigenvalue weighted by Gasteiger charge is -2.15. The van der Waals surface area contributed by atoms with Crippen LogP contribution in [0.4, 0.5) is 25.8 Å². The molecule has 0 bridgehead atoms. The van der Waals surface area contributed by atoms with E-state index in [1.165, 1.54) is 11.3 Å². The minimum Gasteiger partial charge on any atom is -0.385 e. The Morgan fingerprint density at radius 3 is 2.72 bits per heavy atom. The van der Waals surface area contributed by atoms with E-state index in [4.69, 9.17) is 4.74 Å². The number of aryl methyl sites for hydroxylation is 1. The Labute approximate surface area is 229 Å². The normalized spacial score (nSPS) is 14.9. The van der Waals surface area contributed by atoms with Gasteiger partial charge < -0.3 is 10.1 Å². The zero-order valence-corrected chi connectivity index (χ0v) is 23.2. The molecule has 1 aliphatic carbocycles. The maximum atomic E-state index is 13.5. The predicted molar refractivity (Wildman–Crippen MR) is 147 cm³/mol. The largest absolute Gasteiger partial charge is 0.385 e. The molecule has 0 amide bonds. The third kappa shape index (κ3) is 6.39. The van der Waals surface area contributed by atoms with Crippen molar-refractivity contribution in [3.63, 3.8) is 0 Å². The van der Waals surface area contributed by atoms with Gasteiger partial charge in [-0.2, -0.15) is 0 Å². The van der Waals surface area contributed by atoms with Crippen LogP contribution >= 0.6 is 11.3 Å². The third-order valence-electron chi connectivity index (χ3n) is 6.58. The summed E-state index contributed by atoms with van der Waals surface area (Å²) in [6.07, 6.45) is 3.49. The van der Waals surface area contributed by atoms with Crippen LogP contribution in [-0.2, 0) is 38.6 Å². The van der Waals surface area contributed by atoms with Gasteiger partial charge in [-0.05, 0) is 49.9 Å². The molecule has 1 N–H and O–H groups in total. The number of alkyl halides is 2. The Balaban J connectivity index is 1.49. The van der Waals surface area contributed by atoms with Gasteiger partial charge in [-0.1, -0.05) is 0 Å². The molecule has 1 fully saturated rings. The van der Waals surface area contributed by atoms with Crippen LogP contribution in [0.5, 0.6) is 0 Å². The quantitative estimate of drug-likeness (QED) is 0.291. The zero-order chi connectivity index (χ0) is 27.7. The Hall–Kier alpha value is -3.09. The van der Waals surface area contributed by atoms with E-state index in [0.29, 0.717) is 34.3 Å². The van der Waals surface area contributed by atoms with Crippen LogP contribution in [0.15, 0.2) is 40.4 Å². The van der Waals surface area contributed by atoms with Crippen LogP contribution in [0.3, 0.4) is 0 Å². The maximum Gasteiger partial charge on any atom is 0.277 e. The average molecular weight is 575 g/mol. The van der Waals surface area contributed by atoms with Crippen LogP contribution in [0.1, 0.15) is 35.5 Å². The van der Waals surface area contributed by atoms with Gasteiger partial charge in [-0.3, -0.25) is 9.78 Å². The summed E-state index contributed by atoms with van der Waals surface area (Å²) in [5.41, 5.74) is 1.97. The van der Waals surface area contributed by atoms with Crippen molar-refractivity contribution in [2.24, 2.45) is 10.9 Å². The lowest BCUT2D eigenvalue weighted by molar-refractivity contribution is -0.119. The van der Waals surface area contributed by atoms with Gasteiger partial charge in [0.2, 0.25) is 0 Å². The van der Waals surface area contributed by atoms with Gasteiger partial charge in [0.05, 0.1) is 33.4 Å². The average Bonchev–Trinajstić information content (AvgIpc) is 3.47. The van der Waals surface area contributed by atoms with Crippen molar-refractivity contribution in [1.82, 2.24) is 9.97 Å². The molecule has 0 atom stereocenters. The molecule has 5 rings (SSSR count). The second kappa shape index (κ2) is 11.2. The zero-order valence-electron chi connectivity index (χ0n) is 21.5. The molecule has 3 heterocycles. The summed E-state index contributed by atoms with van der Waals surface area (Å²) >= 11 is 1.49. The highest BCUT2D eigenvalue weighted by molar-refractivity contribution is 7.90. The summed E-state index contributed by atoms with van der Waals surface area (Å²) in [5.74, 6) is 0.0905. The van der Waals surface area contributed by atoms with Crippen molar-refractivity contribution >= 4 is 49.7 Å². The van der Waals surface area contributed by atoms with Gasteiger partial charge in [0, 0.05) is 55.4 Å². The van der Waals surface area contributed by atoms with E-state index >= 15 is 0 Å².